The van der Waals surface area contributed by atoms with Crippen molar-refractivity contribution < 1.29 is 45.9 Å². The number of carbonyl (C=O) groups is 4. The summed E-state index contributed by atoms with van der Waals surface area (Å²) >= 11 is 0. The van der Waals surface area contributed by atoms with E-state index in [0.29, 0.717) is 37.8 Å². The highest BCUT2D eigenvalue weighted by Crippen LogP contribution is 2.38. The fraction of sp³-hybridized carbons (Fsp3) is 0.293. The number of amides is 4. The molecule has 64 heavy (non-hydrogen) atoms. The summed E-state index contributed by atoms with van der Waals surface area (Å²) in [7, 11) is -2.89. The van der Waals surface area contributed by atoms with Crippen LogP contribution in [0.4, 0.5) is 26.1 Å². The van der Waals surface area contributed by atoms with E-state index in [1.807, 2.05) is 9.80 Å². The monoisotopic (exact) mass is 895 g/mol. The van der Waals surface area contributed by atoms with Crippen molar-refractivity contribution in [3.8, 4) is 29.0 Å². The van der Waals surface area contributed by atoms with Crippen LogP contribution in [0.3, 0.4) is 0 Å². The van der Waals surface area contributed by atoms with Gasteiger partial charge in [-0.3, -0.25) is 43.5 Å². The number of hydrogen-bond acceptors (Lipinski definition) is 15. The Hall–Kier alpha value is -7.58. The van der Waals surface area contributed by atoms with Crippen LogP contribution in [0.2, 0.25) is 0 Å². The van der Waals surface area contributed by atoms with Gasteiger partial charge in [-0.2, -0.15) is 18.0 Å². The molecule has 3 aromatic carbocycles. The van der Waals surface area contributed by atoms with E-state index in [9.17, 15) is 42.0 Å². The number of hydrogen-bond donors (Lipinski definition) is 2. The third-order valence-electron chi connectivity index (χ3n) is 11.4. The number of methoxy groups -OCH3 is 1. The van der Waals surface area contributed by atoms with Gasteiger partial charge in [0.1, 0.15) is 41.7 Å². The Morgan fingerprint density at radius 3 is 2.34 bits per heavy atom. The van der Waals surface area contributed by atoms with Gasteiger partial charge >= 0.3 is 10.2 Å². The highest BCUT2D eigenvalue weighted by Gasteiger charge is 2.46. The van der Waals surface area contributed by atoms with E-state index >= 15 is 4.39 Å². The molecular weight excluding hydrogens is 861 g/mol. The van der Waals surface area contributed by atoms with Gasteiger partial charge in [-0.05, 0) is 49.2 Å². The number of nitrogens with zero attached hydrogens (tertiary/aromatic N) is 9. The molecule has 6 heterocycles. The number of piperazine rings is 1. The van der Waals surface area contributed by atoms with E-state index in [2.05, 4.69) is 25.0 Å². The number of piperidine rings is 1. The minimum Gasteiger partial charge on any atom is -0.496 e. The number of anilines is 3. The lowest BCUT2D eigenvalue weighted by atomic mass is 10.0. The Morgan fingerprint density at radius 2 is 1.66 bits per heavy atom. The first-order chi connectivity index (χ1) is 30.7. The zero-order valence-corrected chi connectivity index (χ0v) is 34.5. The Bertz CT molecular complexity index is 3010. The van der Waals surface area contributed by atoms with Crippen LogP contribution in [0, 0.1) is 17.1 Å². The van der Waals surface area contributed by atoms with Crippen LogP contribution >= 0.6 is 0 Å². The highest BCUT2D eigenvalue weighted by atomic mass is 32.2. The van der Waals surface area contributed by atoms with Crippen LogP contribution in [0.5, 0.6) is 17.2 Å². The normalized spacial score (nSPS) is 19.2. The molecule has 328 valence electrons. The molecule has 3 saturated heterocycles. The van der Waals surface area contributed by atoms with Gasteiger partial charge in [0.25, 0.3) is 17.4 Å². The largest absolute Gasteiger partial charge is 0.496 e. The zero-order chi connectivity index (χ0) is 45.0. The molecule has 5 aromatic rings. The van der Waals surface area contributed by atoms with E-state index in [4.69, 9.17) is 9.47 Å². The second-order valence-corrected chi connectivity index (χ2v) is 16.9. The van der Waals surface area contributed by atoms with E-state index in [1.165, 1.54) is 48.6 Å². The summed E-state index contributed by atoms with van der Waals surface area (Å²) in [6.45, 7) is 1.41. The quantitative estimate of drug-likeness (QED) is 0.191. The highest BCUT2D eigenvalue weighted by molar-refractivity contribution is 7.90. The first-order valence-corrected chi connectivity index (χ1v) is 21.3. The first-order valence-electron chi connectivity index (χ1n) is 19.8. The third-order valence-corrected chi connectivity index (χ3v) is 12.9. The SMILES string of the molecule is COc1cc(N2CCN(c3ncc(-n4cnc5ccc(Oc6c(F)ccc(NS(=O)(=O)N7CC[C@@H](F)C7)c6C#N)cc5c4=O)cn3)CC2)cc2c1C(=O)N(C1CCC(=O)NC1=O)C2=O. The molecule has 9 rings (SSSR count). The number of nitriles is 1. The molecular formula is C41H35F2N11O9S. The van der Waals surface area contributed by atoms with Crippen LogP contribution < -0.4 is 34.9 Å². The second kappa shape index (κ2) is 16.3. The number of fused-ring (bicyclic) bond motifs is 2. The van der Waals surface area contributed by atoms with E-state index in [1.54, 1.807) is 18.2 Å². The molecule has 2 atom stereocenters. The summed E-state index contributed by atoms with van der Waals surface area (Å²) in [6.07, 6.45) is 2.90. The number of halogens is 2. The lowest BCUT2D eigenvalue weighted by Gasteiger charge is -2.36. The summed E-state index contributed by atoms with van der Waals surface area (Å²) in [5, 5.41) is 12.2. The van der Waals surface area contributed by atoms with E-state index < -0.39 is 68.7 Å². The number of benzene rings is 3. The van der Waals surface area contributed by atoms with Crippen molar-refractivity contribution in [3.05, 3.63) is 94.0 Å². The van der Waals surface area contributed by atoms with Crippen molar-refractivity contribution in [3.63, 3.8) is 0 Å². The molecule has 20 nitrogen and oxygen atoms in total. The minimum absolute atomic E-state index is 0.00293. The van der Waals surface area contributed by atoms with Gasteiger partial charge in [-0.25, -0.2) is 23.7 Å². The van der Waals surface area contributed by atoms with Crippen molar-refractivity contribution in [2.75, 3.05) is 60.9 Å². The number of imide groups is 2. The van der Waals surface area contributed by atoms with Gasteiger partial charge < -0.3 is 19.3 Å². The fourth-order valence-corrected chi connectivity index (χ4v) is 9.36. The van der Waals surface area contributed by atoms with Gasteiger partial charge in [-0.1, -0.05) is 0 Å². The number of aromatic nitrogens is 4. The van der Waals surface area contributed by atoms with Crippen molar-refractivity contribution in [2.24, 2.45) is 0 Å². The van der Waals surface area contributed by atoms with Crippen LogP contribution in [0.15, 0.2) is 66.0 Å². The van der Waals surface area contributed by atoms with E-state index in [-0.39, 0.29) is 77.3 Å². The molecule has 4 amide bonds. The maximum atomic E-state index is 15.2. The van der Waals surface area contributed by atoms with Crippen molar-refractivity contribution in [1.82, 2.24) is 34.0 Å². The van der Waals surface area contributed by atoms with Gasteiger partial charge in [0.15, 0.2) is 11.6 Å². The average molecular weight is 896 g/mol. The zero-order valence-electron chi connectivity index (χ0n) is 33.7. The van der Waals surface area contributed by atoms with Gasteiger partial charge in [-0.15, -0.1) is 0 Å². The van der Waals surface area contributed by atoms with Gasteiger partial charge in [0.05, 0.1) is 52.9 Å². The summed E-state index contributed by atoms with van der Waals surface area (Å²) < 4.78 is 70.3. The number of rotatable bonds is 10. The molecule has 1 unspecified atom stereocenters. The maximum absolute atomic E-state index is 15.2. The van der Waals surface area contributed by atoms with Crippen molar-refractivity contribution >= 4 is 62.1 Å². The second-order valence-electron chi connectivity index (χ2n) is 15.2. The summed E-state index contributed by atoms with van der Waals surface area (Å²) in [5.41, 5.74) is 0.0123. The van der Waals surface area contributed by atoms with Crippen molar-refractivity contribution in [2.45, 2.75) is 31.5 Å². The van der Waals surface area contributed by atoms with Gasteiger partial charge in [0, 0.05) is 57.4 Å². The molecule has 4 aliphatic heterocycles. The lowest BCUT2D eigenvalue weighted by Crippen LogP contribution is -2.54. The predicted molar refractivity (Wildman–Crippen MR) is 222 cm³/mol. The molecule has 4 aliphatic rings. The summed E-state index contributed by atoms with van der Waals surface area (Å²) in [5.74, 6) is -3.58. The lowest BCUT2D eigenvalue weighted by molar-refractivity contribution is -0.136. The van der Waals surface area contributed by atoms with E-state index in [0.717, 1.165) is 21.3 Å². The molecule has 2 aromatic heterocycles. The fourth-order valence-electron chi connectivity index (χ4n) is 8.08. The summed E-state index contributed by atoms with van der Waals surface area (Å²) in [6, 6.07) is 10.0. The minimum atomic E-state index is -4.27. The Balaban J connectivity index is 0.892. The Kier molecular flexibility index (Phi) is 10.6. The Labute approximate surface area is 361 Å². The summed E-state index contributed by atoms with van der Waals surface area (Å²) in [4.78, 5) is 83.2. The number of alkyl halides is 1. The molecule has 23 heteroatoms. The molecule has 0 aliphatic carbocycles. The molecule has 0 saturated carbocycles. The predicted octanol–water partition coefficient (Wildman–Crippen LogP) is 2.42. The molecule has 2 N–H and O–H groups in total. The number of nitrogens with one attached hydrogen (secondary N) is 2. The number of ether oxygens (including phenoxy) is 2. The van der Waals surface area contributed by atoms with Gasteiger partial charge in [0.2, 0.25) is 17.8 Å². The Morgan fingerprint density at radius 1 is 0.906 bits per heavy atom. The number of carbonyl (C=O) groups excluding carboxylic acids is 4. The van der Waals surface area contributed by atoms with Crippen LogP contribution in [-0.4, -0.2) is 119 Å². The van der Waals surface area contributed by atoms with Crippen LogP contribution in [0.1, 0.15) is 45.5 Å². The molecule has 0 bridgehead atoms. The van der Waals surface area contributed by atoms with Crippen molar-refractivity contribution in [1.29, 1.82) is 5.26 Å². The smallest absolute Gasteiger partial charge is 0.301 e. The topological polar surface area (TPSA) is 242 Å². The first kappa shape index (κ1) is 41.8. The molecule has 0 radical (unpaired) electrons. The maximum Gasteiger partial charge on any atom is 0.301 e. The molecule has 3 fully saturated rings. The average Bonchev–Trinajstić information content (AvgIpc) is 3.85. The van der Waals surface area contributed by atoms with Crippen LogP contribution in [0.25, 0.3) is 16.6 Å². The standard InChI is InChI=1S/C41H35F2N11O9S/c1-62-33-15-23(14-27-35(33)40(59)54(39(27)58)32-6-7-34(55)48-37(32)56)50-10-12-51(13-11-50)41-45-18-24(19-46-41)53-21-47-30-4-2-25(16-26(30)38(53)57)63-36-28(17-44)31(5-3-29(36)43)49-64(60,61)52-9-8-22(42)20-52/h2-5,14-16,18-19,21-22,32,49H,6-13,20H2,1H3,(H,48,55,56)/t22-,32?/m1/s1. The third kappa shape index (κ3) is 7.45. The van der Waals surface area contributed by atoms with Crippen LogP contribution in [-0.2, 0) is 19.8 Å². The molecule has 0 spiro atoms.